The molecular formula is C11H18N2O. The van der Waals surface area contributed by atoms with Crippen molar-refractivity contribution >= 4 is 0 Å². The lowest BCUT2D eigenvalue weighted by molar-refractivity contribution is -0.0123. The Kier molecular flexibility index (Phi) is 3.39. The molecule has 1 aliphatic carbocycles. The topological polar surface area (TPSA) is 45.0 Å². The second kappa shape index (κ2) is 4.77. The van der Waals surface area contributed by atoms with E-state index in [9.17, 15) is 0 Å². The lowest BCUT2D eigenvalue weighted by Crippen LogP contribution is -2.52. The number of nitrogens with zero attached hydrogens (tertiary/aromatic N) is 1. The molecule has 1 aliphatic heterocycles. The molecule has 1 saturated heterocycles. The summed E-state index contributed by atoms with van der Waals surface area (Å²) in [5.74, 6) is 0.220. The van der Waals surface area contributed by atoms with E-state index in [2.05, 4.69) is 11.4 Å². The van der Waals surface area contributed by atoms with Crippen molar-refractivity contribution in [3.05, 3.63) is 0 Å². The minimum absolute atomic E-state index is 0.220. The van der Waals surface area contributed by atoms with Gasteiger partial charge in [-0.05, 0) is 12.8 Å². The highest BCUT2D eigenvalue weighted by atomic mass is 16.5. The van der Waals surface area contributed by atoms with Gasteiger partial charge in [-0.3, -0.25) is 0 Å². The van der Waals surface area contributed by atoms with E-state index in [1.165, 1.54) is 19.3 Å². The Morgan fingerprint density at radius 2 is 1.93 bits per heavy atom. The lowest BCUT2D eigenvalue weighted by atomic mass is 9.95. The minimum Gasteiger partial charge on any atom is -0.378 e. The summed E-state index contributed by atoms with van der Waals surface area (Å²) < 4.78 is 5.13. The molecule has 0 aromatic carbocycles. The van der Waals surface area contributed by atoms with Crippen molar-refractivity contribution in [3.63, 3.8) is 0 Å². The Labute approximate surface area is 85.4 Å². The van der Waals surface area contributed by atoms with Crippen LogP contribution in [0.4, 0.5) is 0 Å². The van der Waals surface area contributed by atoms with E-state index in [0.717, 1.165) is 26.1 Å². The highest BCUT2D eigenvalue weighted by molar-refractivity contribution is 4.95. The molecule has 2 atom stereocenters. The molecule has 0 spiro atoms. The second-order valence-corrected chi connectivity index (χ2v) is 4.38. The van der Waals surface area contributed by atoms with Crippen LogP contribution in [0.2, 0.25) is 0 Å². The molecule has 14 heavy (non-hydrogen) atoms. The van der Waals surface area contributed by atoms with E-state index in [4.69, 9.17) is 10.00 Å². The van der Waals surface area contributed by atoms with Crippen LogP contribution in [0.25, 0.3) is 0 Å². The highest BCUT2D eigenvalue weighted by Gasteiger charge is 2.28. The Morgan fingerprint density at radius 3 is 2.57 bits per heavy atom. The van der Waals surface area contributed by atoms with Crippen LogP contribution in [0.15, 0.2) is 0 Å². The molecule has 3 nitrogen and oxygen atoms in total. The molecule has 2 unspecified atom stereocenters. The van der Waals surface area contributed by atoms with E-state index in [0.29, 0.717) is 12.1 Å². The molecular weight excluding hydrogens is 176 g/mol. The van der Waals surface area contributed by atoms with Gasteiger partial charge in [-0.1, -0.05) is 19.3 Å². The van der Waals surface area contributed by atoms with Gasteiger partial charge in [0, 0.05) is 6.04 Å². The van der Waals surface area contributed by atoms with Gasteiger partial charge in [-0.15, -0.1) is 0 Å². The maximum atomic E-state index is 9.07. The predicted molar refractivity (Wildman–Crippen MR) is 53.7 cm³/mol. The molecule has 0 aromatic rings. The normalized spacial score (nSPS) is 34.2. The Hall–Kier alpha value is -0.590. The number of hydrogen-bond donors (Lipinski definition) is 1. The molecule has 0 radical (unpaired) electrons. The van der Waals surface area contributed by atoms with Gasteiger partial charge >= 0.3 is 0 Å². The molecule has 3 heteroatoms. The third kappa shape index (κ3) is 2.26. The fraction of sp³-hybridized carbons (Fsp3) is 0.909. The average molecular weight is 194 g/mol. The lowest BCUT2D eigenvalue weighted by Gasteiger charge is -2.32. The van der Waals surface area contributed by atoms with Crippen molar-refractivity contribution in [3.8, 4) is 6.07 Å². The zero-order valence-corrected chi connectivity index (χ0v) is 8.54. The van der Waals surface area contributed by atoms with Crippen molar-refractivity contribution in [2.45, 2.75) is 44.2 Å². The number of ether oxygens (including phenoxy) is 1. The van der Waals surface area contributed by atoms with Crippen LogP contribution in [-0.4, -0.2) is 25.3 Å². The smallest absolute Gasteiger partial charge is 0.0672 e. The summed E-state index contributed by atoms with van der Waals surface area (Å²) in [7, 11) is 0. The quantitative estimate of drug-likeness (QED) is 0.677. The number of hydrogen-bond acceptors (Lipinski definition) is 3. The summed E-state index contributed by atoms with van der Waals surface area (Å²) in [6.07, 6.45) is 6.01. The Balaban J connectivity index is 1.87. The van der Waals surface area contributed by atoms with E-state index >= 15 is 0 Å². The third-order valence-corrected chi connectivity index (χ3v) is 3.27. The fourth-order valence-electron chi connectivity index (χ4n) is 2.30. The summed E-state index contributed by atoms with van der Waals surface area (Å²) in [6, 6.07) is 3.37. The molecule has 0 amide bonds. The van der Waals surface area contributed by atoms with Crippen molar-refractivity contribution in [2.75, 3.05) is 13.2 Å². The van der Waals surface area contributed by atoms with Crippen LogP contribution < -0.4 is 5.32 Å². The first-order valence-electron chi connectivity index (χ1n) is 5.63. The molecule has 1 N–H and O–H groups in total. The molecule has 1 heterocycles. The van der Waals surface area contributed by atoms with Crippen molar-refractivity contribution in [1.82, 2.24) is 5.32 Å². The van der Waals surface area contributed by atoms with Gasteiger partial charge in [0.25, 0.3) is 0 Å². The number of nitriles is 1. The molecule has 2 fully saturated rings. The van der Waals surface area contributed by atoms with Crippen LogP contribution in [0.3, 0.4) is 0 Å². The molecule has 2 rings (SSSR count). The maximum Gasteiger partial charge on any atom is 0.0672 e. The first-order valence-corrected chi connectivity index (χ1v) is 5.63. The predicted octanol–water partition coefficient (Wildman–Crippen LogP) is 1.45. The largest absolute Gasteiger partial charge is 0.378 e. The van der Waals surface area contributed by atoms with Crippen LogP contribution >= 0.6 is 0 Å². The van der Waals surface area contributed by atoms with Crippen LogP contribution in [0.5, 0.6) is 0 Å². The Bertz CT molecular complexity index is 220. The second-order valence-electron chi connectivity index (χ2n) is 4.38. The van der Waals surface area contributed by atoms with Crippen molar-refractivity contribution in [1.29, 1.82) is 5.26 Å². The third-order valence-electron chi connectivity index (χ3n) is 3.27. The van der Waals surface area contributed by atoms with Crippen LogP contribution in [-0.2, 0) is 4.74 Å². The average Bonchev–Trinajstić information content (AvgIpc) is 2.35. The summed E-state index contributed by atoms with van der Waals surface area (Å²) >= 11 is 0. The summed E-state index contributed by atoms with van der Waals surface area (Å²) in [5.41, 5.74) is 0. The summed E-state index contributed by atoms with van der Waals surface area (Å²) in [4.78, 5) is 0. The SMILES string of the molecule is N#CC1CCCCCC1NC1COC1. The van der Waals surface area contributed by atoms with Gasteiger partial charge in [-0.2, -0.15) is 5.26 Å². The van der Waals surface area contributed by atoms with Crippen molar-refractivity contribution < 1.29 is 4.74 Å². The zero-order chi connectivity index (χ0) is 9.80. The van der Waals surface area contributed by atoms with E-state index < -0.39 is 0 Å². The standard InChI is InChI=1S/C11H18N2O/c12-6-9-4-2-1-3-5-11(9)13-10-7-14-8-10/h9-11,13H,1-5,7-8H2. The van der Waals surface area contributed by atoms with Gasteiger partial charge in [-0.25, -0.2) is 0 Å². The maximum absolute atomic E-state index is 9.07. The van der Waals surface area contributed by atoms with Crippen LogP contribution in [0.1, 0.15) is 32.1 Å². The molecule has 0 aromatic heterocycles. The fourth-order valence-corrected chi connectivity index (χ4v) is 2.30. The van der Waals surface area contributed by atoms with Gasteiger partial charge < -0.3 is 10.1 Å². The van der Waals surface area contributed by atoms with E-state index in [1.54, 1.807) is 0 Å². The Morgan fingerprint density at radius 1 is 1.14 bits per heavy atom. The minimum atomic E-state index is 0.220. The first-order chi connectivity index (χ1) is 6.90. The highest BCUT2D eigenvalue weighted by Crippen LogP contribution is 2.23. The van der Waals surface area contributed by atoms with E-state index in [1.807, 2.05) is 0 Å². The first kappa shape index (κ1) is 9.95. The zero-order valence-electron chi connectivity index (χ0n) is 8.54. The molecule has 1 saturated carbocycles. The van der Waals surface area contributed by atoms with Gasteiger partial charge in [0.05, 0.1) is 31.2 Å². The van der Waals surface area contributed by atoms with Crippen LogP contribution in [0, 0.1) is 17.2 Å². The molecule has 2 aliphatic rings. The number of rotatable bonds is 2. The van der Waals surface area contributed by atoms with Crippen molar-refractivity contribution in [2.24, 2.45) is 5.92 Å². The van der Waals surface area contributed by atoms with Gasteiger partial charge in [0.2, 0.25) is 0 Å². The molecule has 0 bridgehead atoms. The number of nitrogens with one attached hydrogen (secondary N) is 1. The summed E-state index contributed by atoms with van der Waals surface area (Å²) in [5, 5.41) is 12.6. The monoisotopic (exact) mass is 194 g/mol. The summed E-state index contributed by atoms with van der Waals surface area (Å²) in [6.45, 7) is 1.66. The van der Waals surface area contributed by atoms with Gasteiger partial charge in [0.15, 0.2) is 0 Å². The van der Waals surface area contributed by atoms with E-state index in [-0.39, 0.29) is 5.92 Å². The van der Waals surface area contributed by atoms with Gasteiger partial charge in [0.1, 0.15) is 0 Å². The molecule has 78 valence electrons.